The Morgan fingerprint density at radius 3 is 2.73 bits per heavy atom. The molecule has 0 saturated heterocycles. The number of carbonyl (C=O) groups excluding carboxylic acids is 2. The molecule has 0 amide bonds. The van der Waals surface area contributed by atoms with Gasteiger partial charge in [-0.25, -0.2) is 0 Å². The summed E-state index contributed by atoms with van der Waals surface area (Å²) in [5.74, 6) is -0.847. The van der Waals surface area contributed by atoms with E-state index in [-0.39, 0.29) is 24.5 Å². The van der Waals surface area contributed by atoms with Crippen molar-refractivity contribution in [1.29, 1.82) is 0 Å². The number of hydrogen-bond acceptors (Lipinski definition) is 4. The summed E-state index contributed by atoms with van der Waals surface area (Å²) >= 11 is 0. The molecule has 22 heavy (non-hydrogen) atoms. The van der Waals surface area contributed by atoms with Gasteiger partial charge in [0.05, 0.1) is 18.3 Å². The topological polar surface area (TPSA) is 61.2 Å². The van der Waals surface area contributed by atoms with Crippen molar-refractivity contribution >= 4 is 33.6 Å². The molecule has 5 nitrogen and oxygen atoms in total. The van der Waals surface area contributed by atoms with Crippen molar-refractivity contribution in [2.75, 3.05) is 6.61 Å². The number of ketones is 1. The van der Waals surface area contributed by atoms with Crippen LogP contribution in [0.2, 0.25) is 0 Å². The van der Waals surface area contributed by atoms with E-state index in [1.165, 1.54) is 0 Å². The molecule has 0 radical (unpaired) electrons. The van der Waals surface area contributed by atoms with Gasteiger partial charge in [-0.15, -0.1) is 0 Å². The molecule has 0 aliphatic carbocycles. The number of fused-ring (bicyclic) bond motifs is 3. The molecule has 0 aliphatic rings. The zero-order valence-corrected chi connectivity index (χ0v) is 12.5. The Bertz CT molecular complexity index is 880. The van der Waals surface area contributed by atoms with Crippen molar-refractivity contribution in [2.45, 2.75) is 13.3 Å². The first kappa shape index (κ1) is 14.3. The van der Waals surface area contributed by atoms with Gasteiger partial charge < -0.3 is 9.30 Å². The van der Waals surface area contributed by atoms with Crippen molar-refractivity contribution < 1.29 is 14.3 Å². The normalized spacial score (nSPS) is 11.0. The second-order valence-electron chi connectivity index (χ2n) is 5.07. The van der Waals surface area contributed by atoms with Crippen molar-refractivity contribution in [3.63, 3.8) is 0 Å². The molecule has 0 bridgehead atoms. The molecule has 1 aromatic carbocycles. The minimum absolute atomic E-state index is 0.266. The molecule has 0 N–H and O–H groups in total. The fourth-order valence-corrected chi connectivity index (χ4v) is 2.64. The smallest absolute Gasteiger partial charge is 0.313 e. The summed E-state index contributed by atoms with van der Waals surface area (Å²) < 4.78 is 6.84. The molecule has 2 aromatic heterocycles. The van der Waals surface area contributed by atoms with Crippen LogP contribution in [0.4, 0.5) is 0 Å². The maximum atomic E-state index is 12.1. The Hall–Kier alpha value is -2.69. The first-order chi connectivity index (χ1) is 10.6. The molecule has 3 rings (SSSR count). The highest BCUT2D eigenvalue weighted by molar-refractivity contribution is 6.11. The van der Waals surface area contributed by atoms with E-state index in [9.17, 15) is 9.59 Å². The number of pyridine rings is 1. The van der Waals surface area contributed by atoms with Gasteiger partial charge in [-0.3, -0.25) is 14.6 Å². The third-order valence-electron chi connectivity index (χ3n) is 3.70. The summed E-state index contributed by atoms with van der Waals surface area (Å²) in [6, 6.07) is 9.72. The Balaban J connectivity index is 2.04. The summed E-state index contributed by atoms with van der Waals surface area (Å²) in [4.78, 5) is 27.8. The summed E-state index contributed by atoms with van der Waals surface area (Å²) in [5, 5.41) is 2.02. The number of Topliss-reactive ketones (excluding diaryl/α,β-unsaturated/α-hetero) is 1. The van der Waals surface area contributed by atoms with Crippen molar-refractivity contribution in [2.24, 2.45) is 7.05 Å². The number of aromatic nitrogens is 2. The minimum atomic E-state index is -0.521. The highest BCUT2D eigenvalue weighted by atomic mass is 16.5. The minimum Gasteiger partial charge on any atom is -0.466 e. The van der Waals surface area contributed by atoms with Crippen LogP contribution in [0.5, 0.6) is 0 Å². The molecule has 0 fully saturated rings. The monoisotopic (exact) mass is 296 g/mol. The summed E-state index contributed by atoms with van der Waals surface area (Å²) in [6.07, 6.45) is 1.39. The van der Waals surface area contributed by atoms with E-state index < -0.39 is 5.97 Å². The van der Waals surface area contributed by atoms with Gasteiger partial charge in [0.25, 0.3) is 0 Å². The lowest BCUT2D eigenvalue weighted by atomic mass is 10.1. The molecular weight excluding hydrogens is 280 g/mol. The van der Waals surface area contributed by atoms with Gasteiger partial charge in [0.2, 0.25) is 0 Å². The zero-order valence-electron chi connectivity index (χ0n) is 12.5. The van der Waals surface area contributed by atoms with E-state index in [0.717, 1.165) is 21.8 Å². The molecule has 0 aliphatic heterocycles. The molecule has 3 aromatic rings. The maximum absolute atomic E-state index is 12.1. The number of carbonyl (C=O) groups is 2. The lowest BCUT2D eigenvalue weighted by Crippen LogP contribution is -2.12. The quantitative estimate of drug-likeness (QED) is 0.422. The van der Waals surface area contributed by atoms with Crippen molar-refractivity contribution in [1.82, 2.24) is 9.55 Å². The van der Waals surface area contributed by atoms with Gasteiger partial charge in [0.1, 0.15) is 12.1 Å². The summed E-state index contributed by atoms with van der Waals surface area (Å²) in [5.41, 5.74) is 2.32. The Morgan fingerprint density at radius 2 is 1.95 bits per heavy atom. The summed E-state index contributed by atoms with van der Waals surface area (Å²) in [7, 11) is 1.96. The van der Waals surface area contributed by atoms with Crippen LogP contribution in [0, 0.1) is 0 Å². The lowest BCUT2D eigenvalue weighted by Gasteiger charge is -2.02. The highest BCUT2D eigenvalue weighted by Gasteiger charge is 2.16. The third-order valence-corrected chi connectivity index (χ3v) is 3.70. The number of benzene rings is 1. The van der Waals surface area contributed by atoms with Crippen LogP contribution in [0.25, 0.3) is 21.8 Å². The van der Waals surface area contributed by atoms with Gasteiger partial charge in [-0.1, -0.05) is 18.2 Å². The predicted molar refractivity (Wildman–Crippen MR) is 83.8 cm³/mol. The predicted octanol–water partition coefficient (Wildman–Crippen LogP) is 2.86. The molecule has 0 spiro atoms. The maximum Gasteiger partial charge on any atom is 0.313 e. The van der Waals surface area contributed by atoms with Crippen molar-refractivity contribution in [3.8, 4) is 0 Å². The average molecular weight is 296 g/mol. The van der Waals surface area contributed by atoms with E-state index in [4.69, 9.17) is 4.74 Å². The molecule has 2 heterocycles. The number of rotatable bonds is 4. The fraction of sp³-hybridized carbons (Fsp3) is 0.235. The van der Waals surface area contributed by atoms with Crippen molar-refractivity contribution in [3.05, 3.63) is 42.2 Å². The third kappa shape index (κ3) is 2.35. The van der Waals surface area contributed by atoms with E-state index in [0.29, 0.717) is 0 Å². The van der Waals surface area contributed by atoms with Gasteiger partial charge >= 0.3 is 5.97 Å². The zero-order chi connectivity index (χ0) is 15.7. The Morgan fingerprint density at radius 1 is 1.18 bits per heavy atom. The van der Waals surface area contributed by atoms with Crippen LogP contribution in [0.1, 0.15) is 23.8 Å². The largest absolute Gasteiger partial charge is 0.466 e. The van der Waals surface area contributed by atoms with Crippen LogP contribution in [-0.4, -0.2) is 27.9 Å². The molecule has 5 heteroatoms. The van der Waals surface area contributed by atoms with E-state index in [1.807, 2.05) is 35.9 Å². The molecular formula is C17H16N2O3. The second kappa shape index (κ2) is 5.60. The van der Waals surface area contributed by atoms with Crippen LogP contribution in [0.15, 0.2) is 36.5 Å². The Kier molecular flexibility index (Phi) is 3.63. The number of esters is 1. The average Bonchev–Trinajstić information content (AvgIpc) is 2.81. The van der Waals surface area contributed by atoms with Crippen LogP contribution >= 0.6 is 0 Å². The Labute approximate surface area is 127 Å². The van der Waals surface area contributed by atoms with E-state index in [1.54, 1.807) is 19.2 Å². The number of ether oxygens (including phenoxy) is 1. The number of aryl methyl sites for hydroxylation is 1. The van der Waals surface area contributed by atoms with Crippen LogP contribution < -0.4 is 0 Å². The van der Waals surface area contributed by atoms with Crippen LogP contribution in [0.3, 0.4) is 0 Å². The molecule has 0 atom stereocenters. The fourth-order valence-electron chi connectivity index (χ4n) is 2.64. The molecule has 112 valence electrons. The first-order valence-electron chi connectivity index (χ1n) is 7.13. The van der Waals surface area contributed by atoms with Gasteiger partial charge in [0.15, 0.2) is 5.78 Å². The number of hydrogen-bond donors (Lipinski definition) is 0. The van der Waals surface area contributed by atoms with Gasteiger partial charge in [-0.2, -0.15) is 0 Å². The number of nitrogens with zero attached hydrogens (tertiary/aromatic N) is 2. The van der Waals surface area contributed by atoms with Gasteiger partial charge in [0, 0.05) is 23.3 Å². The van der Waals surface area contributed by atoms with E-state index in [2.05, 4.69) is 4.98 Å². The first-order valence-corrected chi connectivity index (χ1v) is 7.13. The molecule has 0 unspecified atom stereocenters. The van der Waals surface area contributed by atoms with E-state index >= 15 is 0 Å². The van der Waals surface area contributed by atoms with Crippen LogP contribution in [-0.2, 0) is 16.6 Å². The number of para-hydroxylation sites is 1. The SMILES string of the molecule is CCOC(=O)CC(=O)c1cc2c3ccccc3n(C)c2cn1. The second-order valence-corrected chi connectivity index (χ2v) is 5.07. The standard InChI is InChI=1S/C17H16N2O3/c1-3-22-17(21)9-16(20)13-8-12-11-6-4-5-7-14(11)19(2)15(12)10-18-13/h4-8,10H,3,9H2,1-2H3. The lowest BCUT2D eigenvalue weighted by molar-refractivity contribution is -0.141. The highest BCUT2D eigenvalue weighted by Crippen LogP contribution is 2.27. The summed E-state index contributed by atoms with van der Waals surface area (Å²) in [6.45, 7) is 1.98. The molecule has 0 saturated carbocycles. The van der Waals surface area contributed by atoms with Gasteiger partial charge in [-0.05, 0) is 19.1 Å².